The summed E-state index contributed by atoms with van der Waals surface area (Å²) in [7, 11) is 0. The molecule has 1 aliphatic carbocycles. The monoisotopic (exact) mass is 318 g/mol. The van der Waals surface area contributed by atoms with E-state index in [1.807, 2.05) is 0 Å². The molecule has 0 saturated heterocycles. The van der Waals surface area contributed by atoms with Gasteiger partial charge in [0.2, 0.25) is 0 Å². The highest BCUT2D eigenvalue weighted by Crippen LogP contribution is 2.46. The number of carboxylic acid groups (broad SMARTS) is 1. The van der Waals surface area contributed by atoms with Gasteiger partial charge in [0, 0.05) is 17.5 Å². The Bertz CT molecular complexity index is 775. The van der Waals surface area contributed by atoms with Gasteiger partial charge in [-0.05, 0) is 19.1 Å². The summed E-state index contributed by atoms with van der Waals surface area (Å²) in [5.41, 5.74) is -0.000140. The molecule has 0 unspecified atom stereocenters. The highest BCUT2D eigenvalue weighted by atomic mass is 16.5. The summed E-state index contributed by atoms with van der Waals surface area (Å²) in [4.78, 5) is 34.8. The molecular formula is C16H14O7. The number of rotatable bonds is 2. The van der Waals surface area contributed by atoms with Crippen LogP contribution in [0.1, 0.15) is 51.3 Å². The summed E-state index contributed by atoms with van der Waals surface area (Å²) in [5.74, 6) is -2.99. The minimum absolute atomic E-state index is 0.0316. The molecule has 7 nitrogen and oxygen atoms in total. The van der Waals surface area contributed by atoms with Gasteiger partial charge in [0.15, 0.2) is 11.6 Å². The zero-order valence-electron chi connectivity index (χ0n) is 12.2. The highest BCUT2D eigenvalue weighted by Gasteiger charge is 2.37. The Kier molecular flexibility index (Phi) is 3.45. The highest BCUT2D eigenvalue weighted by molar-refractivity contribution is 6.24. The molecule has 0 saturated carbocycles. The standard InChI is InChI=1S/C16H14O7/c1-6-12-8(4-7(23-6)5-11(19)20)15(21)13-9(17)2-3-10(18)14(13)16(12)22/h2-3,6-7,21-22H,4-5H2,1H3,(H,19,20)/t6-,7+/m1/s1. The fraction of sp³-hybridized carbons (Fsp3) is 0.312. The van der Waals surface area contributed by atoms with Crippen LogP contribution >= 0.6 is 0 Å². The molecule has 2 aliphatic rings. The van der Waals surface area contributed by atoms with Crippen LogP contribution in [0.2, 0.25) is 0 Å². The van der Waals surface area contributed by atoms with E-state index >= 15 is 0 Å². The predicted molar refractivity (Wildman–Crippen MR) is 76.8 cm³/mol. The Morgan fingerprint density at radius 1 is 1.17 bits per heavy atom. The number of benzene rings is 1. The Morgan fingerprint density at radius 3 is 2.30 bits per heavy atom. The average molecular weight is 318 g/mol. The van der Waals surface area contributed by atoms with Crippen LogP contribution in [0.3, 0.4) is 0 Å². The number of allylic oxidation sites excluding steroid dienone is 2. The second-order valence-electron chi connectivity index (χ2n) is 5.60. The summed E-state index contributed by atoms with van der Waals surface area (Å²) < 4.78 is 5.55. The van der Waals surface area contributed by atoms with E-state index in [9.17, 15) is 24.6 Å². The third kappa shape index (κ3) is 2.29. The molecule has 3 rings (SSSR count). The number of carboxylic acids is 1. The quantitative estimate of drug-likeness (QED) is 0.707. The molecule has 0 radical (unpaired) electrons. The molecule has 23 heavy (non-hydrogen) atoms. The van der Waals surface area contributed by atoms with Crippen molar-refractivity contribution in [1.82, 2.24) is 0 Å². The SMILES string of the molecule is C[C@H]1O[C@H](CC(=O)O)Cc2c(O)c3c(c(O)c21)C(=O)C=CC3=O. The van der Waals surface area contributed by atoms with E-state index in [1.165, 1.54) is 0 Å². The smallest absolute Gasteiger partial charge is 0.305 e. The molecule has 0 fully saturated rings. The maximum atomic E-state index is 12.0. The first-order valence-electron chi connectivity index (χ1n) is 7.05. The lowest BCUT2D eigenvalue weighted by atomic mass is 9.83. The number of ether oxygens (including phenoxy) is 1. The maximum absolute atomic E-state index is 12.0. The third-order valence-electron chi connectivity index (χ3n) is 4.11. The van der Waals surface area contributed by atoms with Gasteiger partial charge >= 0.3 is 5.97 Å². The summed E-state index contributed by atoms with van der Waals surface area (Å²) in [6.07, 6.45) is 0.430. The Balaban J connectivity index is 2.20. The summed E-state index contributed by atoms with van der Waals surface area (Å²) in [5, 5.41) is 29.8. The molecule has 1 aromatic rings. The Labute approximate surface area is 130 Å². The van der Waals surface area contributed by atoms with Crippen molar-refractivity contribution < 1.29 is 34.4 Å². The van der Waals surface area contributed by atoms with Gasteiger partial charge in [-0.15, -0.1) is 0 Å². The summed E-state index contributed by atoms with van der Waals surface area (Å²) in [6, 6.07) is 0. The molecular weight excluding hydrogens is 304 g/mol. The lowest BCUT2D eigenvalue weighted by Gasteiger charge is -2.32. The number of phenolic OH excluding ortho intramolecular Hbond substituents is 2. The van der Waals surface area contributed by atoms with Gasteiger partial charge < -0.3 is 20.1 Å². The van der Waals surface area contributed by atoms with Crippen molar-refractivity contribution in [1.29, 1.82) is 0 Å². The van der Waals surface area contributed by atoms with Gasteiger partial charge in [-0.2, -0.15) is 0 Å². The number of fused-ring (bicyclic) bond motifs is 2. The number of carbonyl (C=O) groups is 3. The molecule has 0 amide bonds. The van der Waals surface area contributed by atoms with Crippen LogP contribution in [0.4, 0.5) is 0 Å². The van der Waals surface area contributed by atoms with E-state index in [0.29, 0.717) is 0 Å². The van der Waals surface area contributed by atoms with Crippen molar-refractivity contribution >= 4 is 17.5 Å². The lowest BCUT2D eigenvalue weighted by Crippen LogP contribution is -2.29. The number of aromatic hydroxyl groups is 2. The van der Waals surface area contributed by atoms with Crippen molar-refractivity contribution in [2.24, 2.45) is 0 Å². The molecule has 0 spiro atoms. The topological polar surface area (TPSA) is 121 Å². The van der Waals surface area contributed by atoms with Crippen LogP contribution in [0.15, 0.2) is 12.2 Å². The van der Waals surface area contributed by atoms with Crippen molar-refractivity contribution in [3.8, 4) is 11.5 Å². The molecule has 3 N–H and O–H groups in total. The van der Waals surface area contributed by atoms with E-state index in [1.54, 1.807) is 6.92 Å². The second kappa shape index (κ2) is 5.20. The van der Waals surface area contributed by atoms with Crippen LogP contribution in [0.5, 0.6) is 11.5 Å². The van der Waals surface area contributed by atoms with E-state index in [-0.39, 0.29) is 40.8 Å². The molecule has 2 atom stereocenters. The zero-order chi connectivity index (χ0) is 16.9. The predicted octanol–water partition coefficient (Wildman–Crippen LogP) is 1.51. The van der Waals surface area contributed by atoms with Crippen molar-refractivity contribution in [3.63, 3.8) is 0 Å². The largest absolute Gasteiger partial charge is 0.507 e. The fourth-order valence-corrected chi connectivity index (χ4v) is 3.18. The van der Waals surface area contributed by atoms with E-state index < -0.39 is 35.5 Å². The first-order chi connectivity index (χ1) is 10.8. The van der Waals surface area contributed by atoms with E-state index in [0.717, 1.165) is 12.2 Å². The molecule has 120 valence electrons. The van der Waals surface area contributed by atoms with E-state index in [2.05, 4.69) is 0 Å². The molecule has 1 heterocycles. The van der Waals surface area contributed by atoms with Gasteiger partial charge in [0.1, 0.15) is 11.5 Å². The third-order valence-corrected chi connectivity index (χ3v) is 4.11. The molecule has 1 aromatic carbocycles. The maximum Gasteiger partial charge on any atom is 0.305 e. The average Bonchev–Trinajstić information content (AvgIpc) is 2.45. The summed E-state index contributed by atoms with van der Waals surface area (Å²) in [6.45, 7) is 1.59. The lowest BCUT2D eigenvalue weighted by molar-refractivity contribution is -0.141. The van der Waals surface area contributed by atoms with Crippen LogP contribution in [-0.2, 0) is 16.0 Å². The van der Waals surface area contributed by atoms with Gasteiger partial charge in [0.25, 0.3) is 0 Å². The summed E-state index contributed by atoms with van der Waals surface area (Å²) >= 11 is 0. The number of phenols is 2. The van der Waals surface area contributed by atoms with Crippen LogP contribution in [0, 0.1) is 0 Å². The second-order valence-corrected chi connectivity index (χ2v) is 5.60. The molecule has 1 aliphatic heterocycles. The van der Waals surface area contributed by atoms with Crippen molar-refractivity contribution in [2.45, 2.75) is 32.0 Å². The first kappa shape index (κ1) is 15.2. The fourth-order valence-electron chi connectivity index (χ4n) is 3.18. The first-order valence-corrected chi connectivity index (χ1v) is 7.05. The van der Waals surface area contributed by atoms with Gasteiger partial charge in [-0.1, -0.05) is 0 Å². The van der Waals surface area contributed by atoms with Crippen LogP contribution in [-0.4, -0.2) is 39.0 Å². The minimum atomic E-state index is -1.05. The van der Waals surface area contributed by atoms with Gasteiger partial charge in [-0.3, -0.25) is 14.4 Å². The van der Waals surface area contributed by atoms with Gasteiger partial charge in [0.05, 0.1) is 29.8 Å². The number of ketones is 2. The zero-order valence-corrected chi connectivity index (χ0v) is 12.2. The van der Waals surface area contributed by atoms with E-state index in [4.69, 9.17) is 9.84 Å². The molecule has 7 heteroatoms. The molecule has 0 aromatic heterocycles. The normalized spacial score (nSPS) is 22.7. The molecule has 0 bridgehead atoms. The minimum Gasteiger partial charge on any atom is -0.507 e. The Hall–Kier alpha value is -2.67. The number of carbonyl (C=O) groups excluding carboxylic acids is 2. The number of hydrogen-bond acceptors (Lipinski definition) is 6. The van der Waals surface area contributed by atoms with Gasteiger partial charge in [-0.25, -0.2) is 0 Å². The van der Waals surface area contributed by atoms with Crippen LogP contribution in [0.25, 0.3) is 0 Å². The van der Waals surface area contributed by atoms with Crippen LogP contribution < -0.4 is 0 Å². The Morgan fingerprint density at radius 2 is 1.74 bits per heavy atom. The van der Waals surface area contributed by atoms with Crippen molar-refractivity contribution in [3.05, 3.63) is 34.4 Å². The van der Waals surface area contributed by atoms with Crippen molar-refractivity contribution in [2.75, 3.05) is 0 Å². The number of hydrogen-bond donors (Lipinski definition) is 3. The number of aliphatic carboxylic acids is 1.